The van der Waals surface area contributed by atoms with Gasteiger partial charge in [0.1, 0.15) is 12.4 Å². The van der Waals surface area contributed by atoms with Gasteiger partial charge in [0.05, 0.1) is 21.0 Å². The van der Waals surface area contributed by atoms with E-state index in [0.717, 1.165) is 24.5 Å². The molecule has 10 heteroatoms. The number of aromatic nitrogens is 5. The van der Waals surface area contributed by atoms with Crippen LogP contribution < -0.4 is 5.32 Å². The maximum atomic E-state index is 10.1. The van der Waals surface area contributed by atoms with E-state index in [2.05, 4.69) is 59.1 Å². The highest BCUT2D eigenvalue weighted by Gasteiger charge is 2.25. The molecule has 0 unspecified atom stereocenters. The molecule has 0 aliphatic carbocycles. The average Bonchev–Trinajstić information content (AvgIpc) is 3.36. The molecular formula is C19H13ClIN7S. The largest absolute Gasteiger partial charge is 0.354 e. The van der Waals surface area contributed by atoms with Gasteiger partial charge in [0.2, 0.25) is 5.95 Å². The highest BCUT2D eigenvalue weighted by Crippen LogP contribution is 2.47. The molecule has 7 nitrogen and oxygen atoms in total. The van der Waals surface area contributed by atoms with Crippen LogP contribution in [0, 0.1) is 14.9 Å². The lowest BCUT2D eigenvalue weighted by atomic mass is 9.99. The Morgan fingerprint density at radius 3 is 2.86 bits per heavy atom. The fourth-order valence-electron chi connectivity index (χ4n) is 2.88. The highest BCUT2D eigenvalue weighted by molar-refractivity contribution is 14.1. The number of nitrogens with zero attached hydrogens (tertiary/aromatic N) is 5. The summed E-state index contributed by atoms with van der Waals surface area (Å²) in [4.78, 5) is 13.4. The Balaban J connectivity index is 2.00. The first-order valence-corrected chi connectivity index (χ1v) is 10.9. The minimum absolute atomic E-state index is 0.520. The van der Waals surface area contributed by atoms with E-state index in [1.165, 1.54) is 17.7 Å². The Morgan fingerprint density at radius 1 is 1.31 bits per heavy atom. The van der Waals surface area contributed by atoms with E-state index in [9.17, 15) is 5.26 Å². The number of rotatable bonds is 5. The molecule has 0 aliphatic heterocycles. The Hall–Kier alpha value is -2.55. The molecule has 4 aromatic rings. The molecule has 0 amide bonds. The molecule has 4 rings (SSSR count). The number of thiophene rings is 1. The summed E-state index contributed by atoms with van der Waals surface area (Å²) in [6.07, 6.45) is 3.20. The van der Waals surface area contributed by atoms with E-state index >= 15 is 0 Å². The summed E-state index contributed by atoms with van der Waals surface area (Å²) in [5, 5.41) is 21.9. The second kappa shape index (κ2) is 8.44. The van der Waals surface area contributed by atoms with Gasteiger partial charge >= 0.3 is 0 Å². The van der Waals surface area contributed by atoms with Crippen LogP contribution in [-0.2, 0) is 0 Å². The van der Waals surface area contributed by atoms with Crippen LogP contribution in [0.15, 0.2) is 36.8 Å². The van der Waals surface area contributed by atoms with Crippen LogP contribution in [0.1, 0.15) is 12.5 Å². The quantitative estimate of drug-likeness (QED) is 0.341. The van der Waals surface area contributed by atoms with E-state index in [-0.39, 0.29) is 0 Å². The lowest BCUT2D eigenvalue weighted by molar-refractivity contribution is 1.09. The van der Waals surface area contributed by atoms with Gasteiger partial charge in [-0.25, -0.2) is 9.97 Å². The van der Waals surface area contributed by atoms with Gasteiger partial charge in [-0.3, -0.25) is 0 Å². The molecule has 0 saturated carbocycles. The second-order valence-corrected chi connectivity index (χ2v) is 8.50. The second-order valence-electron chi connectivity index (χ2n) is 5.88. The molecule has 1 aromatic carbocycles. The molecule has 0 saturated heterocycles. The number of aromatic amines is 1. The molecule has 0 spiro atoms. The van der Waals surface area contributed by atoms with E-state index in [0.29, 0.717) is 34.6 Å². The average molecular weight is 534 g/mol. The van der Waals surface area contributed by atoms with Gasteiger partial charge in [-0.05, 0) is 53.3 Å². The Labute approximate surface area is 189 Å². The van der Waals surface area contributed by atoms with Gasteiger partial charge in [0.15, 0.2) is 5.82 Å². The van der Waals surface area contributed by atoms with Crippen molar-refractivity contribution in [2.45, 2.75) is 6.92 Å². The van der Waals surface area contributed by atoms with Crippen LogP contribution in [0.2, 0.25) is 5.02 Å². The fraction of sp³-hybridized carbons (Fsp3) is 0.105. The van der Waals surface area contributed by atoms with Gasteiger partial charge in [0, 0.05) is 26.9 Å². The molecule has 3 aromatic heterocycles. The number of hydrogen-bond acceptors (Lipinski definition) is 7. The summed E-state index contributed by atoms with van der Waals surface area (Å²) in [5.41, 5.74) is 2.90. The van der Waals surface area contributed by atoms with Gasteiger partial charge < -0.3 is 10.3 Å². The molecule has 0 atom stereocenters. The topological polar surface area (TPSA) is 103 Å². The number of benzene rings is 1. The van der Waals surface area contributed by atoms with Crippen LogP contribution in [0.5, 0.6) is 0 Å². The minimum atomic E-state index is 0.520. The monoisotopic (exact) mass is 533 g/mol. The van der Waals surface area contributed by atoms with Crippen molar-refractivity contribution in [2.24, 2.45) is 0 Å². The van der Waals surface area contributed by atoms with Gasteiger partial charge in [-0.2, -0.15) is 5.26 Å². The van der Waals surface area contributed by atoms with Crippen LogP contribution in [0.25, 0.3) is 32.4 Å². The molecule has 3 heterocycles. The first-order valence-electron chi connectivity index (χ1n) is 8.58. The van der Waals surface area contributed by atoms with Crippen molar-refractivity contribution in [1.82, 2.24) is 25.1 Å². The van der Waals surface area contributed by atoms with E-state index in [1.54, 1.807) is 12.3 Å². The maximum absolute atomic E-state index is 10.1. The van der Waals surface area contributed by atoms with E-state index in [1.807, 2.05) is 25.1 Å². The maximum Gasteiger partial charge on any atom is 0.223 e. The summed E-state index contributed by atoms with van der Waals surface area (Å²) < 4.78 is 0.938. The number of halogens is 2. The van der Waals surface area contributed by atoms with Crippen molar-refractivity contribution in [3.63, 3.8) is 0 Å². The first kappa shape index (κ1) is 19.8. The van der Waals surface area contributed by atoms with Gasteiger partial charge in [-0.1, -0.05) is 17.7 Å². The Morgan fingerprint density at radius 2 is 2.17 bits per heavy atom. The predicted octanol–water partition coefficient (Wildman–Crippen LogP) is 5.22. The third kappa shape index (κ3) is 3.83. The van der Waals surface area contributed by atoms with Gasteiger partial charge in [0.25, 0.3) is 0 Å². The van der Waals surface area contributed by atoms with Crippen LogP contribution in [0.3, 0.4) is 0 Å². The van der Waals surface area contributed by atoms with Crippen LogP contribution in [-0.4, -0.2) is 31.7 Å². The van der Waals surface area contributed by atoms with Crippen molar-refractivity contribution in [2.75, 3.05) is 11.9 Å². The molecule has 2 N–H and O–H groups in total. The molecule has 0 aliphatic rings. The third-order valence-corrected chi connectivity index (χ3v) is 6.42. The normalized spacial score (nSPS) is 10.7. The molecule has 29 heavy (non-hydrogen) atoms. The Kier molecular flexibility index (Phi) is 5.75. The lowest BCUT2D eigenvalue weighted by Gasteiger charge is -2.07. The molecule has 0 radical (unpaired) electrons. The molecule has 144 valence electrons. The van der Waals surface area contributed by atoms with Crippen molar-refractivity contribution in [3.8, 4) is 38.5 Å². The summed E-state index contributed by atoms with van der Waals surface area (Å²) in [6.45, 7) is 2.68. The van der Waals surface area contributed by atoms with Crippen molar-refractivity contribution < 1.29 is 0 Å². The standard InChI is InChI=1S/C19H13ClIN7S/c1-2-23-19-24-6-5-14(27-19)16-12(8-22)15(11-4-3-10(20)7-13(11)21)17(29-16)18-25-9-26-28-18/h3-7,9H,2H2,1H3,(H,23,24,27)(H,25,26,28). The number of hydrogen-bond donors (Lipinski definition) is 2. The van der Waals surface area contributed by atoms with Gasteiger partial charge in [-0.15, -0.1) is 21.5 Å². The molecule has 0 bridgehead atoms. The molecule has 0 fully saturated rings. The first-order chi connectivity index (χ1) is 14.1. The zero-order valence-corrected chi connectivity index (χ0v) is 18.8. The summed E-state index contributed by atoms with van der Waals surface area (Å²) in [5.74, 6) is 1.12. The predicted molar refractivity (Wildman–Crippen MR) is 123 cm³/mol. The zero-order valence-electron chi connectivity index (χ0n) is 15.1. The number of H-pyrrole nitrogens is 1. The SMILES string of the molecule is CCNc1nccc(-c2sc(-c3nnc[nH]3)c(-c3ccc(Cl)cc3I)c2C#N)n1. The number of anilines is 1. The zero-order chi connectivity index (χ0) is 20.4. The summed E-state index contributed by atoms with van der Waals surface area (Å²) in [7, 11) is 0. The van der Waals surface area contributed by atoms with Crippen molar-refractivity contribution in [3.05, 3.63) is 50.9 Å². The van der Waals surface area contributed by atoms with Crippen molar-refractivity contribution in [1.29, 1.82) is 5.26 Å². The van der Waals surface area contributed by atoms with Crippen LogP contribution in [0.4, 0.5) is 5.95 Å². The number of nitrogens with one attached hydrogen (secondary N) is 2. The van der Waals surface area contributed by atoms with Crippen molar-refractivity contribution >= 4 is 51.5 Å². The van der Waals surface area contributed by atoms with E-state index < -0.39 is 0 Å². The molecular weight excluding hydrogens is 521 g/mol. The lowest BCUT2D eigenvalue weighted by Crippen LogP contribution is -2.02. The van der Waals surface area contributed by atoms with Crippen LogP contribution >= 0.6 is 45.5 Å². The third-order valence-electron chi connectivity index (χ3n) is 4.08. The summed E-state index contributed by atoms with van der Waals surface area (Å²) in [6, 6.07) is 9.77. The minimum Gasteiger partial charge on any atom is -0.354 e. The highest BCUT2D eigenvalue weighted by atomic mass is 127. The smallest absolute Gasteiger partial charge is 0.223 e. The number of nitriles is 1. The fourth-order valence-corrected chi connectivity index (χ4v) is 5.20. The Bertz CT molecular complexity index is 1210. The summed E-state index contributed by atoms with van der Waals surface area (Å²) >= 11 is 9.82. The van der Waals surface area contributed by atoms with E-state index in [4.69, 9.17) is 11.6 Å².